The fourth-order valence-corrected chi connectivity index (χ4v) is 4.07. The van der Waals surface area contributed by atoms with Crippen LogP contribution < -0.4 is 16.4 Å². The SMILES string of the molecule is C=CCN(C(=O)C(CC(N)=O)NC(=O)OC(C)(C)C)C(C(=O)Nc1c(C)cccc1C)c1cccc(C)c1O. The van der Waals surface area contributed by atoms with E-state index in [1.165, 1.54) is 12.1 Å². The van der Waals surface area contributed by atoms with Crippen molar-refractivity contribution in [2.75, 3.05) is 11.9 Å². The van der Waals surface area contributed by atoms with E-state index >= 15 is 0 Å². The molecule has 2 aromatic carbocycles. The van der Waals surface area contributed by atoms with E-state index in [4.69, 9.17) is 10.5 Å². The molecule has 2 rings (SSSR count). The summed E-state index contributed by atoms with van der Waals surface area (Å²) in [6.07, 6.45) is -0.0779. The van der Waals surface area contributed by atoms with Gasteiger partial charge in [-0.2, -0.15) is 0 Å². The quantitative estimate of drug-likeness (QED) is 0.338. The van der Waals surface area contributed by atoms with Crippen LogP contribution in [0.15, 0.2) is 49.1 Å². The maximum Gasteiger partial charge on any atom is 0.408 e. The Kier molecular flexibility index (Phi) is 10.3. The number of carbonyl (C=O) groups excluding carboxylic acids is 4. The number of hydrogen-bond acceptors (Lipinski definition) is 6. The zero-order valence-electron chi connectivity index (χ0n) is 23.3. The number of nitrogens with two attached hydrogens (primary N) is 1. The third-order valence-electron chi connectivity index (χ3n) is 5.86. The van der Waals surface area contributed by atoms with E-state index in [0.717, 1.165) is 16.0 Å². The van der Waals surface area contributed by atoms with Gasteiger partial charge in [0.05, 0.1) is 6.42 Å². The van der Waals surface area contributed by atoms with Crippen molar-refractivity contribution in [3.8, 4) is 5.75 Å². The molecule has 0 bridgehead atoms. The molecule has 0 radical (unpaired) electrons. The van der Waals surface area contributed by atoms with Crippen LogP contribution in [0.5, 0.6) is 5.75 Å². The molecule has 5 N–H and O–H groups in total. The Bertz CT molecular complexity index is 1230. The number of para-hydroxylation sites is 2. The van der Waals surface area contributed by atoms with Gasteiger partial charge in [-0.25, -0.2) is 4.79 Å². The lowest BCUT2D eigenvalue weighted by atomic mass is 9.98. The number of phenols is 1. The summed E-state index contributed by atoms with van der Waals surface area (Å²) in [6.45, 7) is 13.8. The zero-order chi connectivity index (χ0) is 29.5. The molecular formula is C29H38N4O6. The lowest BCUT2D eigenvalue weighted by molar-refractivity contribution is -0.141. The van der Waals surface area contributed by atoms with Crippen molar-refractivity contribution in [2.45, 2.75) is 65.6 Å². The van der Waals surface area contributed by atoms with Crippen LogP contribution >= 0.6 is 0 Å². The van der Waals surface area contributed by atoms with E-state index < -0.39 is 47.9 Å². The number of nitrogens with zero attached hydrogens (tertiary/aromatic N) is 1. The van der Waals surface area contributed by atoms with Gasteiger partial charge in [0.2, 0.25) is 11.8 Å². The molecule has 0 aliphatic heterocycles. The van der Waals surface area contributed by atoms with Gasteiger partial charge in [0.15, 0.2) is 0 Å². The number of carbonyl (C=O) groups is 4. The number of alkyl carbamates (subject to hydrolysis) is 1. The molecule has 2 atom stereocenters. The largest absolute Gasteiger partial charge is 0.507 e. The monoisotopic (exact) mass is 538 g/mol. The molecule has 0 spiro atoms. The molecule has 4 amide bonds. The van der Waals surface area contributed by atoms with Crippen molar-refractivity contribution >= 4 is 29.5 Å². The number of amides is 4. The topological polar surface area (TPSA) is 151 Å². The summed E-state index contributed by atoms with van der Waals surface area (Å²) < 4.78 is 5.26. The van der Waals surface area contributed by atoms with Crippen LogP contribution in [0.3, 0.4) is 0 Å². The highest BCUT2D eigenvalue weighted by Crippen LogP contribution is 2.34. The Morgan fingerprint density at radius 1 is 1.05 bits per heavy atom. The summed E-state index contributed by atoms with van der Waals surface area (Å²) in [4.78, 5) is 53.3. The molecule has 0 aromatic heterocycles. The van der Waals surface area contributed by atoms with E-state index in [2.05, 4.69) is 17.2 Å². The van der Waals surface area contributed by atoms with E-state index in [1.54, 1.807) is 39.8 Å². The van der Waals surface area contributed by atoms with Crippen molar-refractivity contribution in [3.05, 3.63) is 71.3 Å². The third-order valence-corrected chi connectivity index (χ3v) is 5.86. The second-order valence-electron chi connectivity index (χ2n) is 10.3. The number of phenolic OH excluding ortho intramolecular Hbond substituents is 1. The number of rotatable bonds is 10. The first-order valence-corrected chi connectivity index (χ1v) is 12.5. The Balaban J connectivity index is 2.62. The molecule has 0 fully saturated rings. The highest BCUT2D eigenvalue weighted by atomic mass is 16.6. The van der Waals surface area contributed by atoms with Crippen molar-refractivity contribution in [3.63, 3.8) is 0 Å². The zero-order valence-corrected chi connectivity index (χ0v) is 23.3. The summed E-state index contributed by atoms with van der Waals surface area (Å²) in [5.41, 5.74) is 7.33. The number of anilines is 1. The van der Waals surface area contributed by atoms with Crippen LogP contribution in [0.4, 0.5) is 10.5 Å². The Labute approximate surface area is 229 Å². The number of hydrogen-bond donors (Lipinski definition) is 4. The first-order chi connectivity index (χ1) is 18.2. The predicted octanol–water partition coefficient (Wildman–Crippen LogP) is 3.78. The van der Waals surface area contributed by atoms with Gasteiger partial charge in [-0.3, -0.25) is 14.4 Å². The first-order valence-electron chi connectivity index (χ1n) is 12.5. The lowest BCUT2D eigenvalue weighted by Crippen LogP contribution is -2.53. The number of nitrogens with one attached hydrogen (secondary N) is 2. The van der Waals surface area contributed by atoms with E-state index in [-0.39, 0.29) is 17.9 Å². The molecule has 0 saturated heterocycles. The number of aryl methyl sites for hydroxylation is 3. The number of ether oxygens (including phenoxy) is 1. The van der Waals surface area contributed by atoms with Crippen LogP contribution in [0.1, 0.15) is 55.5 Å². The van der Waals surface area contributed by atoms with Gasteiger partial charge in [0.25, 0.3) is 5.91 Å². The van der Waals surface area contributed by atoms with Crippen LogP contribution in [0.25, 0.3) is 0 Å². The second kappa shape index (κ2) is 12.9. The molecule has 2 unspecified atom stereocenters. The molecule has 10 nitrogen and oxygen atoms in total. The normalized spacial score (nSPS) is 12.6. The van der Waals surface area contributed by atoms with E-state index in [1.807, 2.05) is 32.0 Å². The fraction of sp³-hybridized carbons (Fsp3) is 0.379. The maximum atomic E-state index is 13.9. The minimum absolute atomic E-state index is 0.150. The number of primary amides is 1. The average Bonchev–Trinajstić information content (AvgIpc) is 2.81. The molecule has 210 valence electrons. The van der Waals surface area contributed by atoms with Crippen LogP contribution in [0.2, 0.25) is 0 Å². The summed E-state index contributed by atoms with van der Waals surface area (Å²) in [5, 5.41) is 16.2. The minimum Gasteiger partial charge on any atom is -0.507 e. The Morgan fingerprint density at radius 2 is 1.62 bits per heavy atom. The molecule has 0 saturated carbocycles. The maximum absolute atomic E-state index is 13.9. The number of benzene rings is 2. The van der Waals surface area contributed by atoms with Crippen molar-refractivity contribution in [2.24, 2.45) is 5.73 Å². The van der Waals surface area contributed by atoms with Gasteiger partial charge in [-0.15, -0.1) is 6.58 Å². The van der Waals surface area contributed by atoms with E-state index in [9.17, 15) is 24.3 Å². The smallest absolute Gasteiger partial charge is 0.408 e. The van der Waals surface area contributed by atoms with Crippen molar-refractivity contribution < 1.29 is 29.0 Å². The van der Waals surface area contributed by atoms with Gasteiger partial charge in [0, 0.05) is 17.8 Å². The van der Waals surface area contributed by atoms with Crippen LogP contribution in [-0.2, 0) is 19.1 Å². The average molecular weight is 539 g/mol. The summed E-state index contributed by atoms with van der Waals surface area (Å²) in [6, 6.07) is 7.58. The van der Waals surface area contributed by atoms with Gasteiger partial charge in [-0.1, -0.05) is 42.5 Å². The van der Waals surface area contributed by atoms with Crippen LogP contribution in [0, 0.1) is 20.8 Å². The minimum atomic E-state index is -1.44. The Hall–Kier alpha value is -4.34. The molecule has 0 aliphatic rings. The summed E-state index contributed by atoms with van der Waals surface area (Å²) in [5.74, 6) is -2.42. The molecule has 10 heteroatoms. The van der Waals surface area contributed by atoms with Gasteiger partial charge in [-0.05, 0) is 58.2 Å². The predicted molar refractivity (Wildman–Crippen MR) is 149 cm³/mol. The van der Waals surface area contributed by atoms with Gasteiger partial charge < -0.3 is 31.1 Å². The van der Waals surface area contributed by atoms with Gasteiger partial charge >= 0.3 is 6.09 Å². The lowest BCUT2D eigenvalue weighted by Gasteiger charge is -2.34. The second-order valence-corrected chi connectivity index (χ2v) is 10.3. The first kappa shape index (κ1) is 30.9. The number of aromatic hydroxyl groups is 1. The van der Waals surface area contributed by atoms with Crippen molar-refractivity contribution in [1.29, 1.82) is 0 Å². The summed E-state index contributed by atoms with van der Waals surface area (Å²) >= 11 is 0. The standard InChI is InChI=1S/C29H38N4O6/c1-8-15-33(27(37)21(16-22(30)34)31-28(38)39-29(5,6)7)24(20-14-10-13-19(4)25(20)35)26(36)32-23-17(2)11-9-12-18(23)3/h8-14,21,24,35H,1,15-16H2,2-7H3,(H2,30,34)(H,31,38)(H,32,36). The molecule has 39 heavy (non-hydrogen) atoms. The highest BCUT2D eigenvalue weighted by molar-refractivity contribution is 6.01. The fourth-order valence-electron chi connectivity index (χ4n) is 4.07. The molecular weight excluding hydrogens is 500 g/mol. The summed E-state index contributed by atoms with van der Waals surface area (Å²) in [7, 11) is 0. The Morgan fingerprint density at radius 3 is 2.15 bits per heavy atom. The molecule has 0 heterocycles. The van der Waals surface area contributed by atoms with Crippen molar-refractivity contribution in [1.82, 2.24) is 10.2 Å². The van der Waals surface area contributed by atoms with E-state index in [0.29, 0.717) is 11.3 Å². The highest BCUT2D eigenvalue weighted by Gasteiger charge is 2.38. The van der Waals surface area contributed by atoms with Gasteiger partial charge in [0.1, 0.15) is 23.4 Å². The van der Waals surface area contributed by atoms with Crippen LogP contribution in [-0.4, -0.2) is 52.0 Å². The molecule has 0 aliphatic carbocycles. The molecule has 2 aromatic rings. The third kappa shape index (κ3) is 8.33.